The van der Waals surface area contributed by atoms with Crippen molar-refractivity contribution in [2.45, 2.75) is 64.6 Å². The lowest BCUT2D eigenvalue weighted by molar-refractivity contribution is -0.133. The molecular formula is C22H28ClFN4O. The molecule has 2 aliphatic rings. The summed E-state index contributed by atoms with van der Waals surface area (Å²) in [5, 5.41) is 5.01. The van der Waals surface area contributed by atoms with Crippen molar-refractivity contribution in [2.24, 2.45) is 11.7 Å². The summed E-state index contributed by atoms with van der Waals surface area (Å²) in [4.78, 5) is 14.9. The Hall–Kier alpha value is -1.92. The molecule has 0 radical (unpaired) electrons. The van der Waals surface area contributed by atoms with Crippen molar-refractivity contribution in [3.05, 3.63) is 51.6 Å². The summed E-state index contributed by atoms with van der Waals surface area (Å²) in [6.45, 7) is 3.58. The molecule has 4 rings (SSSR count). The first-order valence-corrected chi connectivity index (χ1v) is 10.8. The maximum Gasteiger partial charge on any atom is 0.223 e. The molecule has 2 heterocycles. The largest absolute Gasteiger partial charge is 0.336 e. The zero-order valence-electron chi connectivity index (χ0n) is 16.8. The number of fused-ring (bicyclic) bond motifs is 1. The minimum absolute atomic E-state index is 0.208. The summed E-state index contributed by atoms with van der Waals surface area (Å²) in [5.41, 5.74) is 9.69. The third-order valence-corrected chi connectivity index (χ3v) is 6.62. The number of rotatable bonds is 4. The number of halogens is 2. The van der Waals surface area contributed by atoms with E-state index < -0.39 is 0 Å². The second-order valence-electron chi connectivity index (χ2n) is 8.45. The predicted octanol–water partition coefficient (Wildman–Crippen LogP) is 3.82. The molecule has 1 saturated carbocycles. The van der Waals surface area contributed by atoms with Crippen LogP contribution in [0.25, 0.3) is 0 Å². The Balaban J connectivity index is 1.47. The molecule has 0 unspecified atom stereocenters. The van der Waals surface area contributed by atoms with E-state index in [0.717, 1.165) is 50.0 Å². The monoisotopic (exact) mass is 418 g/mol. The van der Waals surface area contributed by atoms with Crippen LogP contribution in [0.1, 0.15) is 54.6 Å². The highest BCUT2D eigenvalue weighted by atomic mass is 35.5. The average molecular weight is 419 g/mol. The summed E-state index contributed by atoms with van der Waals surface area (Å²) in [5.74, 6) is 0.316. The molecule has 2 aromatic rings. The number of carbonyl (C=O) groups excluding carboxylic acids is 1. The van der Waals surface area contributed by atoms with Gasteiger partial charge in [-0.1, -0.05) is 17.7 Å². The highest BCUT2D eigenvalue weighted by Gasteiger charge is 2.29. The summed E-state index contributed by atoms with van der Waals surface area (Å²) in [6.07, 6.45) is 5.51. The van der Waals surface area contributed by atoms with E-state index in [0.29, 0.717) is 42.1 Å². The maximum atomic E-state index is 14.3. The lowest BCUT2D eigenvalue weighted by Gasteiger charge is -2.31. The first-order chi connectivity index (χ1) is 13.9. The van der Waals surface area contributed by atoms with Crippen molar-refractivity contribution in [3.8, 4) is 0 Å². The average Bonchev–Trinajstić information content (AvgIpc) is 3.01. The van der Waals surface area contributed by atoms with Crippen LogP contribution in [0.15, 0.2) is 18.2 Å². The van der Waals surface area contributed by atoms with E-state index in [2.05, 4.69) is 5.10 Å². The molecule has 1 aliphatic heterocycles. The molecule has 156 valence electrons. The summed E-state index contributed by atoms with van der Waals surface area (Å²) in [7, 11) is 0. The molecule has 0 saturated heterocycles. The number of carbonyl (C=O) groups is 1. The van der Waals surface area contributed by atoms with E-state index in [1.165, 1.54) is 11.6 Å². The second kappa shape index (κ2) is 8.44. The van der Waals surface area contributed by atoms with Gasteiger partial charge >= 0.3 is 0 Å². The van der Waals surface area contributed by atoms with E-state index in [4.69, 9.17) is 17.3 Å². The SMILES string of the molecule is Cc1nn(Cc2ccc(Cl)cc2F)c2c1CCN(C(=O)CC1CCC(N)CC1)C2. The third-order valence-electron chi connectivity index (χ3n) is 6.38. The molecule has 2 N–H and O–H groups in total. The molecule has 0 spiro atoms. The number of nitrogens with two attached hydrogens (primary N) is 1. The van der Waals surface area contributed by atoms with Gasteiger partial charge in [0, 0.05) is 29.6 Å². The number of aryl methyl sites for hydroxylation is 1. The Morgan fingerprint density at radius 2 is 2.07 bits per heavy atom. The van der Waals surface area contributed by atoms with Crippen molar-refractivity contribution in [3.63, 3.8) is 0 Å². The van der Waals surface area contributed by atoms with Crippen molar-refractivity contribution in [1.82, 2.24) is 14.7 Å². The summed E-state index contributed by atoms with van der Waals surface area (Å²) < 4.78 is 16.1. The predicted molar refractivity (Wildman–Crippen MR) is 111 cm³/mol. The molecule has 1 aromatic carbocycles. The summed E-state index contributed by atoms with van der Waals surface area (Å²) >= 11 is 5.87. The topological polar surface area (TPSA) is 64.2 Å². The van der Waals surface area contributed by atoms with Gasteiger partial charge in [-0.25, -0.2) is 4.39 Å². The second-order valence-corrected chi connectivity index (χ2v) is 8.89. The van der Waals surface area contributed by atoms with Gasteiger partial charge in [0.25, 0.3) is 0 Å². The number of aromatic nitrogens is 2. The molecule has 7 heteroatoms. The normalized spacial score (nSPS) is 21.9. The molecule has 0 atom stereocenters. The zero-order chi connectivity index (χ0) is 20.5. The molecule has 1 amide bonds. The first kappa shape index (κ1) is 20.4. The highest BCUT2D eigenvalue weighted by Crippen LogP contribution is 2.29. The van der Waals surface area contributed by atoms with Crippen LogP contribution in [0.2, 0.25) is 5.02 Å². The van der Waals surface area contributed by atoms with E-state index in [1.807, 2.05) is 16.5 Å². The van der Waals surface area contributed by atoms with Crippen LogP contribution in [0, 0.1) is 18.7 Å². The third kappa shape index (κ3) is 4.48. The Morgan fingerprint density at radius 3 is 2.79 bits per heavy atom. The Kier molecular flexibility index (Phi) is 5.93. The number of hydrogen-bond acceptors (Lipinski definition) is 3. The van der Waals surface area contributed by atoms with Gasteiger partial charge in [-0.3, -0.25) is 9.48 Å². The lowest BCUT2D eigenvalue weighted by atomic mass is 9.84. The van der Waals surface area contributed by atoms with Crippen LogP contribution >= 0.6 is 11.6 Å². The molecule has 29 heavy (non-hydrogen) atoms. The van der Waals surface area contributed by atoms with Crippen LogP contribution in [0.5, 0.6) is 0 Å². The smallest absolute Gasteiger partial charge is 0.223 e. The van der Waals surface area contributed by atoms with Crippen molar-refractivity contribution >= 4 is 17.5 Å². The number of amides is 1. The van der Waals surface area contributed by atoms with Gasteiger partial charge in [0.05, 0.1) is 24.5 Å². The van der Waals surface area contributed by atoms with Gasteiger partial charge in [-0.05, 0) is 62.6 Å². The van der Waals surface area contributed by atoms with Gasteiger partial charge < -0.3 is 10.6 Å². The van der Waals surface area contributed by atoms with E-state index in [9.17, 15) is 9.18 Å². The molecule has 1 aromatic heterocycles. The van der Waals surface area contributed by atoms with E-state index in [1.54, 1.807) is 12.1 Å². The fourth-order valence-corrected chi connectivity index (χ4v) is 4.76. The minimum atomic E-state index is -0.335. The van der Waals surface area contributed by atoms with E-state index in [-0.39, 0.29) is 11.7 Å². The van der Waals surface area contributed by atoms with Gasteiger partial charge in [-0.2, -0.15) is 5.10 Å². The number of benzene rings is 1. The molecule has 1 fully saturated rings. The maximum absolute atomic E-state index is 14.3. The first-order valence-electron chi connectivity index (χ1n) is 10.4. The van der Waals surface area contributed by atoms with Crippen LogP contribution < -0.4 is 5.73 Å². The highest BCUT2D eigenvalue weighted by molar-refractivity contribution is 6.30. The molecule has 1 aliphatic carbocycles. The van der Waals surface area contributed by atoms with Gasteiger partial charge in [-0.15, -0.1) is 0 Å². The minimum Gasteiger partial charge on any atom is -0.336 e. The Bertz CT molecular complexity index is 904. The number of nitrogens with zero attached hydrogens (tertiary/aromatic N) is 3. The Labute approximate surface area is 176 Å². The van der Waals surface area contributed by atoms with Gasteiger partial charge in [0.15, 0.2) is 0 Å². The summed E-state index contributed by atoms with van der Waals surface area (Å²) in [6, 6.07) is 5.01. The van der Waals surface area contributed by atoms with Gasteiger partial charge in [0.2, 0.25) is 5.91 Å². The van der Waals surface area contributed by atoms with Crippen LogP contribution in [0.4, 0.5) is 4.39 Å². The standard InChI is InChI=1S/C22H28ClFN4O/c1-14-19-8-9-27(22(29)10-15-2-6-18(25)7-3-15)13-21(19)28(26-14)12-16-4-5-17(23)11-20(16)24/h4-5,11,15,18H,2-3,6-10,12-13,25H2,1H3. The number of hydrogen-bond donors (Lipinski definition) is 1. The Morgan fingerprint density at radius 1 is 1.31 bits per heavy atom. The quantitative estimate of drug-likeness (QED) is 0.820. The molecule has 0 bridgehead atoms. The van der Waals surface area contributed by atoms with Crippen LogP contribution in [-0.4, -0.2) is 33.2 Å². The fraction of sp³-hybridized carbons (Fsp3) is 0.545. The lowest BCUT2D eigenvalue weighted by Crippen LogP contribution is -2.38. The molecule has 5 nitrogen and oxygen atoms in total. The molecular weight excluding hydrogens is 391 g/mol. The van der Waals surface area contributed by atoms with Crippen molar-refractivity contribution in [2.75, 3.05) is 6.54 Å². The zero-order valence-corrected chi connectivity index (χ0v) is 17.6. The van der Waals surface area contributed by atoms with Crippen LogP contribution in [-0.2, 0) is 24.3 Å². The van der Waals surface area contributed by atoms with E-state index >= 15 is 0 Å². The fourth-order valence-electron chi connectivity index (χ4n) is 4.60. The van der Waals surface area contributed by atoms with Gasteiger partial charge in [0.1, 0.15) is 5.82 Å². The van der Waals surface area contributed by atoms with Crippen LogP contribution in [0.3, 0.4) is 0 Å². The van der Waals surface area contributed by atoms with Crippen molar-refractivity contribution in [1.29, 1.82) is 0 Å². The van der Waals surface area contributed by atoms with Crippen molar-refractivity contribution < 1.29 is 9.18 Å².